The fraction of sp³-hybridized carbons (Fsp3) is 0.526. The first-order valence-corrected chi connectivity index (χ1v) is 18.0. The van der Waals surface area contributed by atoms with E-state index in [0.29, 0.717) is 72.0 Å². The Morgan fingerprint density at radius 3 is 2.78 bits per heavy atom. The number of aliphatic hydroxyl groups excluding tert-OH is 1. The van der Waals surface area contributed by atoms with E-state index in [1.54, 1.807) is 24.4 Å². The summed E-state index contributed by atoms with van der Waals surface area (Å²) in [6.45, 7) is 4.38. The van der Waals surface area contributed by atoms with E-state index in [-0.39, 0.29) is 53.3 Å². The molecular weight excluding hydrogens is 647 g/mol. The molecule has 0 spiro atoms. The minimum absolute atomic E-state index is 0.00739. The van der Waals surface area contributed by atoms with Crippen LogP contribution >= 0.6 is 0 Å². The van der Waals surface area contributed by atoms with Crippen LogP contribution in [-0.4, -0.2) is 81.5 Å². The smallest absolute Gasteiger partial charge is 0.319 e. The van der Waals surface area contributed by atoms with Gasteiger partial charge in [-0.2, -0.15) is 9.97 Å². The number of aryl methyl sites for hydroxylation is 1. The van der Waals surface area contributed by atoms with Gasteiger partial charge in [-0.15, -0.1) is 0 Å². The highest BCUT2D eigenvalue weighted by Gasteiger charge is 2.49. The number of aliphatic hydroxyl groups is 1. The second-order valence-corrected chi connectivity index (χ2v) is 15.1. The van der Waals surface area contributed by atoms with Gasteiger partial charge in [-0.05, 0) is 91.9 Å². The van der Waals surface area contributed by atoms with Crippen LogP contribution in [0.2, 0.25) is 0 Å². The molecule has 9 rings (SSSR count). The number of alkyl halides is 1. The molecule has 262 valence electrons. The van der Waals surface area contributed by atoms with Crippen LogP contribution in [0.5, 0.6) is 11.8 Å². The minimum atomic E-state index is -0.930. The van der Waals surface area contributed by atoms with E-state index in [1.165, 1.54) is 6.07 Å². The van der Waals surface area contributed by atoms with Crippen molar-refractivity contribution in [1.29, 1.82) is 0 Å². The van der Waals surface area contributed by atoms with Crippen molar-refractivity contribution in [3.05, 3.63) is 47.7 Å². The molecule has 9 nitrogen and oxygen atoms in total. The molecular formula is C38H40F3N5O4. The number of carbonyl (C=O) groups excluding carboxylic acids is 1. The van der Waals surface area contributed by atoms with E-state index in [4.69, 9.17) is 14.5 Å². The van der Waals surface area contributed by atoms with E-state index in [0.717, 1.165) is 38.6 Å². The highest BCUT2D eigenvalue weighted by molar-refractivity contribution is 6.02. The van der Waals surface area contributed by atoms with Gasteiger partial charge in [0.2, 0.25) is 0 Å². The third-order valence-electron chi connectivity index (χ3n) is 11.7. The predicted molar refractivity (Wildman–Crippen MR) is 181 cm³/mol. The highest BCUT2D eigenvalue weighted by atomic mass is 19.1. The van der Waals surface area contributed by atoms with Crippen LogP contribution in [0.15, 0.2) is 30.5 Å². The fourth-order valence-electron chi connectivity index (χ4n) is 9.16. The number of pyridine rings is 1. The Balaban J connectivity index is 1.18. The van der Waals surface area contributed by atoms with Gasteiger partial charge in [0.15, 0.2) is 5.82 Å². The molecule has 50 heavy (non-hydrogen) atoms. The molecule has 5 fully saturated rings. The van der Waals surface area contributed by atoms with Crippen LogP contribution in [0.1, 0.15) is 57.4 Å². The lowest BCUT2D eigenvalue weighted by Crippen LogP contribution is -2.43. The lowest BCUT2D eigenvalue weighted by molar-refractivity contribution is -0.135. The lowest BCUT2D eigenvalue weighted by atomic mass is 9.94. The van der Waals surface area contributed by atoms with Crippen molar-refractivity contribution in [1.82, 2.24) is 19.9 Å². The van der Waals surface area contributed by atoms with Gasteiger partial charge in [0, 0.05) is 43.7 Å². The van der Waals surface area contributed by atoms with Gasteiger partial charge >= 0.3 is 12.0 Å². The maximum atomic E-state index is 17.2. The van der Waals surface area contributed by atoms with Gasteiger partial charge in [0.05, 0.1) is 22.9 Å². The van der Waals surface area contributed by atoms with Crippen LogP contribution in [0.3, 0.4) is 0 Å². The molecule has 5 atom stereocenters. The topological polar surface area (TPSA) is 101 Å². The quantitative estimate of drug-likeness (QED) is 0.172. The number of halogens is 3. The average molecular weight is 688 g/mol. The zero-order valence-electron chi connectivity index (χ0n) is 28.0. The van der Waals surface area contributed by atoms with Crippen LogP contribution in [0.25, 0.3) is 32.9 Å². The third kappa shape index (κ3) is 5.37. The summed E-state index contributed by atoms with van der Waals surface area (Å²) in [4.78, 5) is 31.0. The Bertz CT molecular complexity index is 2020. The van der Waals surface area contributed by atoms with Crippen LogP contribution in [0.4, 0.5) is 19.0 Å². The Morgan fingerprint density at radius 1 is 1.12 bits per heavy atom. The maximum absolute atomic E-state index is 17.2. The molecule has 2 bridgehead atoms. The maximum Gasteiger partial charge on any atom is 0.319 e. The largest absolute Gasteiger partial charge is 0.461 e. The second kappa shape index (κ2) is 12.0. The van der Waals surface area contributed by atoms with Gasteiger partial charge in [0.1, 0.15) is 41.4 Å². The highest BCUT2D eigenvalue weighted by Crippen LogP contribution is 2.44. The van der Waals surface area contributed by atoms with Crippen molar-refractivity contribution in [2.45, 2.75) is 76.1 Å². The van der Waals surface area contributed by atoms with E-state index in [9.17, 15) is 14.3 Å². The molecule has 5 heterocycles. The standard InChI is InChI=1S/C38H40F3N5O4/c1-2-26-29(40)7-6-22-12-25(50-36(48)21-4-5-21)13-27(31(22)26)33-32(41)34-28(15-42-33)35(45-16-20-10-23(17-45)30(47)11-20)44-37(43-34)49-19-38-8-3-9-46(38)18-24(39)14-38/h6-7,12-13,15,20-21,23-24,30,47H,2-5,8-11,14,16-19H2,1H3/t20-,23-,24-,30-,38+/m1/s1. The summed E-state index contributed by atoms with van der Waals surface area (Å²) in [5.41, 5.74) is 0.169. The van der Waals surface area contributed by atoms with Crippen molar-refractivity contribution in [3.8, 4) is 23.0 Å². The van der Waals surface area contributed by atoms with E-state index < -0.39 is 29.4 Å². The molecule has 3 saturated heterocycles. The van der Waals surface area contributed by atoms with Crippen LogP contribution in [-0.2, 0) is 11.2 Å². The molecule has 0 amide bonds. The number of ether oxygens (including phenoxy) is 2. The number of aromatic nitrogens is 3. The van der Waals surface area contributed by atoms with E-state index in [2.05, 4.69) is 19.8 Å². The number of hydrogen-bond donors (Lipinski definition) is 1. The molecule has 0 radical (unpaired) electrons. The summed E-state index contributed by atoms with van der Waals surface area (Å²) in [5.74, 6) is -0.607. The summed E-state index contributed by atoms with van der Waals surface area (Å²) in [5, 5.41) is 12.1. The number of benzene rings is 2. The lowest BCUT2D eigenvalue weighted by Gasteiger charge is -2.34. The molecule has 1 N–H and O–H groups in total. The molecule has 5 aliphatic rings. The van der Waals surface area contributed by atoms with E-state index in [1.807, 2.05) is 6.92 Å². The summed E-state index contributed by atoms with van der Waals surface area (Å²) >= 11 is 0. The molecule has 2 aromatic heterocycles. The Morgan fingerprint density at radius 2 is 1.98 bits per heavy atom. The van der Waals surface area contributed by atoms with Crippen LogP contribution in [0, 0.1) is 29.4 Å². The van der Waals surface area contributed by atoms with Gasteiger partial charge in [-0.25, -0.2) is 13.2 Å². The number of carbonyl (C=O) groups is 1. The number of esters is 1. The zero-order chi connectivity index (χ0) is 34.3. The second-order valence-electron chi connectivity index (χ2n) is 15.1. The first-order valence-electron chi connectivity index (χ1n) is 18.0. The summed E-state index contributed by atoms with van der Waals surface area (Å²) in [6.07, 6.45) is 5.84. The van der Waals surface area contributed by atoms with Crippen molar-refractivity contribution < 1.29 is 32.5 Å². The predicted octanol–water partition coefficient (Wildman–Crippen LogP) is 6.16. The summed E-state index contributed by atoms with van der Waals surface area (Å²) in [6, 6.07) is 6.20. The third-order valence-corrected chi connectivity index (χ3v) is 11.7. The summed E-state index contributed by atoms with van der Waals surface area (Å²) < 4.78 is 59.0. The number of rotatable bonds is 8. The SMILES string of the molecule is CCc1c(F)ccc2cc(OC(=O)C3CC3)cc(-c3ncc4c(N5C[C@@H]6C[C@H](C5)[C@H](O)C6)nc(OC[C@@]56CCCN5C[C@H](F)C6)nc4c3F)c12. The molecule has 0 unspecified atom stereocenters. The zero-order valence-corrected chi connectivity index (χ0v) is 28.0. The van der Waals surface area contributed by atoms with Crippen molar-refractivity contribution in [3.63, 3.8) is 0 Å². The first kappa shape index (κ1) is 31.9. The monoisotopic (exact) mass is 687 g/mol. The van der Waals surface area contributed by atoms with Gasteiger partial charge in [-0.1, -0.05) is 13.0 Å². The fourth-order valence-corrected chi connectivity index (χ4v) is 9.16. The van der Waals surface area contributed by atoms with Crippen LogP contribution < -0.4 is 14.4 Å². The molecule has 12 heteroatoms. The average Bonchev–Trinajstić information content (AvgIpc) is 3.75. The Labute approximate surface area is 287 Å². The number of fused-ring (bicyclic) bond motifs is 5. The van der Waals surface area contributed by atoms with Crippen molar-refractivity contribution in [2.24, 2.45) is 17.8 Å². The number of anilines is 1. The van der Waals surface area contributed by atoms with Crippen molar-refractivity contribution >= 4 is 33.5 Å². The first-order chi connectivity index (χ1) is 24.2. The Kier molecular flexibility index (Phi) is 7.69. The summed E-state index contributed by atoms with van der Waals surface area (Å²) in [7, 11) is 0. The molecule has 4 aromatic rings. The minimum Gasteiger partial charge on any atom is -0.461 e. The van der Waals surface area contributed by atoms with Gasteiger partial charge in [0.25, 0.3) is 0 Å². The molecule has 2 aliphatic carbocycles. The van der Waals surface area contributed by atoms with Gasteiger partial charge in [-0.3, -0.25) is 14.7 Å². The molecule has 3 aliphatic heterocycles. The van der Waals surface area contributed by atoms with Gasteiger partial charge < -0.3 is 19.5 Å². The number of nitrogens with zero attached hydrogens (tertiary/aromatic N) is 5. The Hall–Kier alpha value is -4.03. The van der Waals surface area contributed by atoms with Crippen molar-refractivity contribution in [2.75, 3.05) is 37.7 Å². The number of piperidine rings is 1. The molecule has 2 saturated carbocycles. The number of hydrogen-bond acceptors (Lipinski definition) is 9. The normalized spacial score (nSPS) is 27.7. The van der Waals surface area contributed by atoms with E-state index >= 15 is 8.78 Å². The molecule has 2 aromatic carbocycles.